The molecule has 3 heteroatoms. The van der Waals surface area contributed by atoms with Crippen LogP contribution in [0.15, 0.2) is 48.9 Å². The zero-order valence-corrected chi connectivity index (χ0v) is 9.37. The van der Waals surface area contributed by atoms with E-state index in [0.29, 0.717) is 0 Å². The highest BCUT2D eigenvalue weighted by atomic mass is 35.6. The number of hydrogen-bond acceptors (Lipinski definition) is 1. The van der Waals surface area contributed by atoms with Gasteiger partial charge in [0.05, 0.1) is 0 Å². The lowest BCUT2D eigenvalue weighted by molar-refractivity contribution is 0.535. The number of hydrogen-bond donors (Lipinski definition) is 0. The quantitative estimate of drug-likeness (QED) is 0.384. The van der Waals surface area contributed by atoms with E-state index in [2.05, 4.69) is 29.1 Å². The zero-order chi connectivity index (χ0) is 9.73. The first-order valence-corrected chi connectivity index (χ1v) is 7.37. The monoisotopic (exact) mass is 211 g/mol. The highest BCUT2D eigenvalue weighted by Crippen LogP contribution is 2.22. The van der Waals surface area contributed by atoms with Crippen LogP contribution in [-0.2, 0) is 0 Å². The summed E-state index contributed by atoms with van der Waals surface area (Å²) in [4.78, 5) is 0. The predicted molar refractivity (Wildman–Crippen MR) is 61.9 cm³/mol. The molecule has 0 radical (unpaired) electrons. The van der Waals surface area contributed by atoms with Crippen LogP contribution in [0.1, 0.15) is 0 Å². The van der Waals surface area contributed by atoms with E-state index < -0.39 is 7.55 Å². The van der Waals surface area contributed by atoms with Gasteiger partial charge in [-0.25, -0.2) is 0 Å². The van der Waals surface area contributed by atoms with Gasteiger partial charge in [-0.3, -0.25) is 4.57 Å². The van der Waals surface area contributed by atoms with Gasteiger partial charge in [-0.1, -0.05) is 35.7 Å². The number of rotatable bonds is 5. The summed E-state index contributed by atoms with van der Waals surface area (Å²) in [5, 5.41) is 0. The fourth-order valence-electron chi connectivity index (χ4n) is 1.31. The Hall–Kier alpha value is -0.573. The maximum absolute atomic E-state index is 6.49. The predicted octanol–water partition coefficient (Wildman–Crippen LogP) is 2.55. The molecule has 0 saturated heterocycles. The van der Waals surface area contributed by atoms with Crippen molar-refractivity contribution in [3.05, 3.63) is 48.9 Å². The first-order chi connectivity index (χ1) is 6.23. The molecule has 0 spiro atoms. The molecule has 0 fully saturated rings. The van der Waals surface area contributed by atoms with Crippen molar-refractivity contribution in [1.82, 2.24) is 4.57 Å². The van der Waals surface area contributed by atoms with Crippen LogP contribution in [-0.4, -0.2) is 25.2 Å². The van der Waals surface area contributed by atoms with Crippen LogP contribution in [0.3, 0.4) is 0 Å². The van der Waals surface area contributed by atoms with Gasteiger partial charge in [-0.05, 0) is 0 Å². The molecule has 0 saturated carbocycles. The molecule has 13 heavy (non-hydrogen) atoms. The number of halogens is 1. The second-order valence-electron chi connectivity index (χ2n) is 2.93. The summed E-state index contributed by atoms with van der Waals surface area (Å²) < 4.78 is 2.22. The van der Waals surface area contributed by atoms with Crippen LogP contribution in [0, 0.1) is 0 Å². The fraction of sp³-hybridized carbons (Fsp3) is 0.200. The summed E-state index contributed by atoms with van der Waals surface area (Å²) in [6.45, 7) is 9.08. The van der Waals surface area contributed by atoms with Gasteiger partial charge < -0.3 is 0 Å². The van der Waals surface area contributed by atoms with E-state index in [4.69, 9.17) is 11.1 Å². The van der Waals surface area contributed by atoms with Crippen molar-refractivity contribution in [3.8, 4) is 0 Å². The highest BCUT2D eigenvalue weighted by molar-refractivity contribution is 7.24. The third kappa shape index (κ3) is 2.43. The average Bonchev–Trinajstić information content (AvgIpc) is 2.53. The third-order valence-corrected chi connectivity index (χ3v) is 6.08. The number of allylic oxidation sites excluding steroid dienone is 2. The van der Waals surface area contributed by atoms with Crippen LogP contribution in [0.4, 0.5) is 0 Å². The van der Waals surface area contributed by atoms with Crippen molar-refractivity contribution in [2.75, 3.05) is 13.1 Å². The van der Waals surface area contributed by atoms with Crippen LogP contribution in [0.5, 0.6) is 0 Å². The Bertz CT molecular complexity index is 236. The minimum atomic E-state index is -1.96. The second kappa shape index (κ2) is 4.60. The maximum Gasteiger partial charge on any atom is 0.278 e. The molecule has 1 aliphatic heterocycles. The topological polar surface area (TPSA) is 3.24 Å². The SMILES string of the molecule is C=CCN(CC=C)[Si]1(Cl)C=CC=C1. The van der Waals surface area contributed by atoms with E-state index in [1.165, 1.54) is 0 Å². The van der Waals surface area contributed by atoms with Gasteiger partial charge >= 0.3 is 0 Å². The summed E-state index contributed by atoms with van der Waals surface area (Å²) in [5.74, 6) is 0. The van der Waals surface area contributed by atoms with Gasteiger partial charge in [0.2, 0.25) is 0 Å². The summed E-state index contributed by atoms with van der Waals surface area (Å²) in [5.41, 5.74) is 4.20. The standard InChI is InChI=1S/C10H14ClNSi/c1-3-7-12(8-4-2)13(11)9-5-6-10-13/h3-6,9-10H,1-2,7-8H2. The molecule has 0 aromatic heterocycles. The first kappa shape index (κ1) is 10.5. The van der Waals surface area contributed by atoms with Crippen molar-refractivity contribution in [2.45, 2.75) is 0 Å². The van der Waals surface area contributed by atoms with Crippen LogP contribution in [0.25, 0.3) is 0 Å². The molecule has 1 nitrogen and oxygen atoms in total. The first-order valence-electron chi connectivity index (χ1n) is 4.26. The van der Waals surface area contributed by atoms with Crippen LogP contribution < -0.4 is 0 Å². The van der Waals surface area contributed by atoms with Crippen molar-refractivity contribution in [3.63, 3.8) is 0 Å². The van der Waals surface area contributed by atoms with Crippen molar-refractivity contribution in [1.29, 1.82) is 0 Å². The zero-order valence-electron chi connectivity index (χ0n) is 7.62. The Morgan fingerprint density at radius 1 is 1.15 bits per heavy atom. The minimum absolute atomic E-state index is 0.816. The molecule has 70 valence electrons. The van der Waals surface area contributed by atoms with Gasteiger partial charge in [0, 0.05) is 13.1 Å². The Morgan fingerprint density at radius 3 is 2.00 bits per heavy atom. The molecule has 0 atom stereocenters. The van der Waals surface area contributed by atoms with Gasteiger partial charge in [0.25, 0.3) is 7.55 Å². The lowest BCUT2D eigenvalue weighted by Gasteiger charge is -2.29. The fourth-order valence-corrected chi connectivity index (χ4v) is 4.28. The summed E-state index contributed by atoms with van der Waals surface area (Å²) in [6, 6.07) is 0. The Kier molecular flexibility index (Phi) is 3.72. The Labute approximate surface area is 85.5 Å². The molecule has 0 aliphatic carbocycles. The van der Waals surface area contributed by atoms with E-state index in [-0.39, 0.29) is 0 Å². The van der Waals surface area contributed by atoms with Crippen LogP contribution >= 0.6 is 11.1 Å². The molecule has 1 aliphatic rings. The summed E-state index contributed by atoms with van der Waals surface area (Å²) in [6.07, 6.45) is 7.78. The molecule has 1 heterocycles. The van der Waals surface area contributed by atoms with Gasteiger partial charge in [-0.15, -0.1) is 24.2 Å². The largest absolute Gasteiger partial charge is 0.299 e. The average molecular weight is 212 g/mol. The molecule has 0 unspecified atom stereocenters. The molecule has 0 aromatic carbocycles. The smallest absolute Gasteiger partial charge is 0.278 e. The molecule has 0 N–H and O–H groups in total. The van der Waals surface area contributed by atoms with E-state index in [1.807, 2.05) is 24.3 Å². The van der Waals surface area contributed by atoms with Crippen molar-refractivity contribution < 1.29 is 0 Å². The molecular weight excluding hydrogens is 198 g/mol. The molecule has 0 aromatic rings. The van der Waals surface area contributed by atoms with Crippen LogP contribution in [0.2, 0.25) is 0 Å². The summed E-state index contributed by atoms with van der Waals surface area (Å²) >= 11 is 6.49. The van der Waals surface area contributed by atoms with Gasteiger partial charge in [0.15, 0.2) is 0 Å². The normalized spacial score (nSPS) is 18.0. The molecule has 1 rings (SSSR count). The lowest BCUT2D eigenvalue weighted by atomic mass is 10.5. The lowest BCUT2D eigenvalue weighted by Crippen LogP contribution is -2.46. The van der Waals surface area contributed by atoms with Crippen molar-refractivity contribution >= 4 is 18.6 Å². The third-order valence-electron chi connectivity index (χ3n) is 1.95. The Balaban J connectivity index is 2.73. The molecule has 0 bridgehead atoms. The number of nitrogens with zero attached hydrogens (tertiary/aromatic N) is 1. The minimum Gasteiger partial charge on any atom is -0.299 e. The Morgan fingerprint density at radius 2 is 1.62 bits per heavy atom. The van der Waals surface area contributed by atoms with Gasteiger partial charge in [0.1, 0.15) is 0 Å². The van der Waals surface area contributed by atoms with E-state index in [1.54, 1.807) is 0 Å². The van der Waals surface area contributed by atoms with Crippen molar-refractivity contribution in [2.24, 2.45) is 0 Å². The van der Waals surface area contributed by atoms with E-state index in [0.717, 1.165) is 13.1 Å². The second-order valence-corrected chi connectivity index (χ2v) is 7.50. The van der Waals surface area contributed by atoms with E-state index >= 15 is 0 Å². The van der Waals surface area contributed by atoms with Gasteiger partial charge in [-0.2, -0.15) is 0 Å². The van der Waals surface area contributed by atoms with E-state index in [9.17, 15) is 0 Å². The summed E-state index contributed by atoms with van der Waals surface area (Å²) in [7, 11) is -1.96. The maximum atomic E-state index is 6.49. The molecule has 0 amide bonds. The highest BCUT2D eigenvalue weighted by Gasteiger charge is 2.33. The molecular formula is C10H14ClNSi.